The van der Waals surface area contributed by atoms with Gasteiger partial charge in [-0.05, 0) is 36.2 Å². The number of carbonyl (C=O) groups excluding carboxylic acids is 1. The van der Waals surface area contributed by atoms with E-state index in [1.165, 1.54) is 11.6 Å². The lowest BCUT2D eigenvalue weighted by molar-refractivity contribution is -0.114. The second-order valence-electron chi connectivity index (χ2n) is 4.91. The van der Waals surface area contributed by atoms with Crippen molar-refractivity contribution in [3.8, 4) is 0 Å². The van der Waals surface area contributed by atoms with Gasteiger partial charge in [0.15, 0.2) is 0 Å². The van der Waals surface area contributed by atoms with Gasteiger partial charge in [0.05, 0.1) is 12.2 Å². The van der Waals surface area contributed by atoms with Crippen molar-refractivity contribution in [2.75, 3.05) is 23.8 Å². The number of nitrogens with zero attached hydrogens (tertiary/aromatic N) is 1. The molecular formula is C17H19FN2O. The van der Waals surface area contributed by atoms with Crippen LogP contribution >= 0.6 is 0 Å². The summed E-state index contributed by atoms with van der Waals surface area (Å²) in [5.74, 6) is -0.509. The zero-order valence-electron chi connectivity index (χ0n) is 12.3. The molecule has 0 spiro atoms. The molecule has 0 fully saturated rings. The Morgan fingerprint density at radius 1 is 1.14 bits per heavy atom. The molecule has 0 saturated heterocycles. The fraction of sp³-hybridized carbons (Fsp3) is 0.235. The van der Waals surface area contributed by atoms with Crippen molar-refractivity contribution in [3.05, 3.63) is 59.9 Å². The first kappa shape index (κ1) is 15.0. The Morgan fingerprint density at radius 3 is 2.43 bits per heavy atom. The molecular weight excluding hydrogens is 267 g/mol. The lowest BCUT2D eigenvalue weighted by Crippen LogP contribution is -2.30. The Kier molecular flexibility index (Phi) is 4.93. The quantitative estimate of drug-likeness (QED) is 0.913. The summed E-state index contributed by atoms with van der Waals surface area (Å²) in [4.78, 5) is 13.6. The number of hydrogen-bond donors (Lipinski definition) is 1. The summed E-state index contributed by atoms with van der Waals surface area (Å²) in [5, 5.41) is 2.81. The predicted molar refractivity (Wildman–Crippen MR) is 84.1 cm³/mol. The third kappa shape index (κ3) is 4.05. The van der Waals surface area contributed by atoms with Gasteiger partial charge in [-0.25, -0.2) is 4.39 Å². The standard InChI is InChI=1S/C17H19FN2O/c1-3-13-8-10-14(11-9-13)19-17(21)12-20(2)16-7-5-4-6-15(16)18/h4-11H,3,12H2,1-2H3,(H,19,21). The summed E-state index contributed by atoms with van der Waals surface area (Å²) in [6.07, 6.45) is 0.963. The van der Waals surface area contributed by atoms with Crippen LogP contribution in [0.25, 0.3) is 0 Å². The highest BCUT2D eigenvalue weighted by molar-refractivity contribution is 5.94. The highest BCUT2D eigenvalue weighted by Crippen LogP contribution is 2.17. The minimum atomic E-state index is -0.333. The van der Waals surface area contributed by atoms with Gasteiger partial charge >= 0.3 is 0 Å². The van der Waals surface area contributed by atoms with Gasteiger partial charge in [-0.2, -0.15) is 0 Å². The molecule has 0 heterocycles. The summed E-state index contributed by atoms with van der Waals surface area (Å²) in [6.45, 7) is 2.17. The molecule has 21 heavy (non-hydrogen) atoms. The molecule has 3 nitrogen and oxygen atoms in total. The summed E-state index contributed by atoms with van der Waals surface area (Å²) in [5.41, 5.74) is 2.38. The average molecular weight is 286 g/mol. The summed E-state index contributed by atoms with van der Waals surface area (Å²) in [7, 11) is 1.69. The molecule has 0 saturated carbocycles. The number of rotatable bonds is 5. The second kappa shape index (κ2) is 6.88. The van der Waals surface area contributed by atoms with Crippen LogP contribution in [0, 0.1) is 5.82 Å². The molecule has 0 atom stereocenters. The van der Waals surface area contributed by atoms with E-state index in [-0.39, 0.29) is 18.3 Å². The first-order valence-electron chi connectivity index (χ1n) is 6.94. The molecule has 0 aliphatic heterocycles. The van der Waals surface area contributed by atoms with Gasteiger partial charge in [0, 0.05) is 12.7 Å². The average Bonchev–Trinajstić information content (AvgIpc) is 2.48. The van der Waals surface area contributed by atoms with E-state index in [0.717, 1.165) is 12.1 Å². The predicted octanol–water partition coefficient (Wildman–Crippen LogP) is 3.46. The number of likely N-dealkylation sites (N-methyl/N-ethyl adjacent to an activating group) is 1. The molecule has 0 aliphatic carbocycles. The highest BCUT2D eigenvalue weighted by Gasteiger charge is 2.11. The topological polar surface area (TPSA) is 32.3 Å². The van der Waals surface area contributed by atoms with Crippen molar-refractivity contribution >= 4 is 17.3 Å². The number of para-hydroxylation sites is 1. The lowest BCUT2D eigenvalue weighted by Gasteiger charge is -2.19. The lowest BCUT2D eigenvalue weighted by atomic mass is 10.1. The van der Waals surface area contributed by atoms with E-state index < -0.39 is 0 Å². The van der Waals surface area contributed by atoms with Crippen LogP contribution in [0.15, 0.2) is 48.5 Å². The number of aryl methyl sites for hydroxylation is 1. The maximum Gasteiger partial charge on any atom is 0.243 e. The first-order chi connectivity index (χ1) is 10.1. The van der Waals surface area contributed by atoms with E-state index in [2.05, 4.69) is 12.2 Å². The van der Waals surface area contributed by atoms with Gasteiger partial charge < -0.3 is 10.2 Å². The molecule has 0 radical (unpaired) electrons. The van der Waals surface area contributed by atoms with E-state index in [1.807, 2.05) is 24.3 Å². The molecule has 0 bridgehead atoms. The Labute approximate surface area is 124 Å². The molecule has 4 heteroatoms. The number of carbonyl (C=O) groups is 1. The van der Waals surface area contributed by atoms with E-state index in [0.29, 0.717) is 5.69 Å². The molecule has 110 valence electrons. The van der Waals surface area contributed by atoms with Crippen LogP contribution in [0.3, 0.4) is 0 Å². The molecule has 1 amide bonds. The number of halogens is 1. The Balaban J connectivity index is 1.96. The maximum absolute atomic E-state index is 13.6. The molecule has 0 unspecified atom stereocenters. The summed E-state index contributed by atoms with van der Waals surface area (Å²) < 4.78 is 13.6. The van der Waals surface area contributed by atoms with Gasteiger partial charge in [0.1, 0.15) is 5.82 Å². The molecule has 0 aromatic heterocycles. The summed E-state index contributed by atoms with van der Waals surface area (Å²) in [6, 6.07) is 14.1. The molecule has 2 aromatic carbocycles. The van der Waals surface area contributed by atoms with Crippen LogP contribution in [0.5, 0.6) is 0 Å². The number of benzene rings is 2. The molecule has 1 N–H and O–H groups in total. The third-order valence-electron chi connectivity index (χ3n) is 3.29. The van der Waals surface area contributed by atoms with Crippen LogP contribution in [0.1, 0.15) is 12.5 Å². The second-order valence-corrected chi connectivity index (χ2v) is 4.91. The van der Waals surface area contributed by atoms with Crippen LogP contribution in [0.4, 0.5) is 15.8 Å². The van der Waals surface area contributed by atoms with Crippen LogP contribution in [-0.4, -0.2) is 19.5 Å². The van der Waals surface area contributed by atoms with Crippen molar-refractivity contribution in [2.45, 2.75) is 13.3 Å². The fourth-order valence-corrected chi connectivity index (χ4v) is 2.09. The maximum atomic E-state index is 13.6. The molecule has 2 rings (SSSR count). The normalized spacial score (nSPS) is 10.2. The highest BCUT2D eigenvalue weighted by atomic mass is 19.1. The first-order valence-corrected chi connectivity index (χ1v) is 6.94. The van der Waals surface area contributed by atoms with Gasteiger partial charge in [-0.15, -0.1) is 0 Å². The summed E-state index contributed by atoms with van der Waals surface area (Å²) >= 11 is 0. The van der Waals surface area contributed by atoms with Crippen molar-refractivity contribution < 1.29 is 9.18 Å². The SMILES string of the molecule is CCc1ccc(NC(=O)CN(C)c2ccccc2F)cc1. The van der Waals surface area contributed by atoms with E-state index >= 15 is 0 Å². The Morgan fingerprint density at radius 2 is 1.81 bits per heavy atom. The van der Waals surface area contributed by atoms with E-state index in [4.69, 9.17) is 0 Å². The number of nitrogens with one attached hydrogen (secondary N) is 1. The van der Waals surface area contributed by atoms with E-state index in [9.17, 15) is 9.18 Å². The molecule has 2 aromatic rings. The number of hydrogen-bond acceptors (Lipinski definition) is 2. The van der Waals surface area contributed by atoms with Crippen molar-refractivity contribution in [1.29, 1.82) is 0 Å². The minimum absolute atomic E-state index is 0.0937. The van der Waals surface area contributed by atoms with Crippen molar-refractivity contribution in [2.24, 2.45) is 0 Å². The monoisotopic (exact) mass is 286 g/mol. The Bertz CT molecular complexity index is 610. The fourth-order valence-electron chi connectivity index (χ4n) is 2.09. The number of anilines is 2. The van der Waals surface area contributed by atoms with E-state index in [1.54, 1.807) is 30.1 Å². The van der Waals surface area contributed by atoms with Crippen molar-refractivity contribution in [3.63, 3.8) is 0 Å². The van der Waals surface area contributed by atoms with Crippen molar-refractivity contribution in [1.82, 2.24) is 0 Å². The molecule has 0 aliphatic rings. The van der Waals surface area contributed by atoms with Crippen LogP contribution in [0.2, 0.25) is 0 Å². The third-order valence-corrected chi connectivity index (χ3v) is 3.29. The Hall–Kier alpha value is -2.36. The minimum Gasteiger partial charge on any atom is -0.363 e. The van der Waals surface area contributed by atoms with Gasteiger partial charge in [0.25, 0.3) is 0 Å². The number of amides is 1. The van der Waals surface area contributed by atoms with Crippen LogP contribution in [-0.2, 0) is 11.2 Å². The smallest absolute Gasteiger partial charge is 0.243 e. The van der Waals surface area contributed by atoms with Gasteiger partial charge in [-0.1, -0.05) is 31.2 Å². The van der Waals surface area contributed by atoms with Gasteiger partial charge in [0.2, 0.25) is 5.91 Å². The zero-order valence-corrected chi connectivity index (χ0v) is 12.3. The van der Waals surface area contributed by atoms with Crippen LogP contribution < -0.4 is 10.2 Å². The van der Waals surface area contributed by atoms with Gasteiger partial charge in [-0.3, -0.25) is 4.79 Å². The largest absolute Gasteiger partial charge is 0.363 e. The zero-order chi connectivity index (χ0) is 15.2.